The Kier molecular flexibility index (Phi) is 5.78. The van der Waals surface area contributed by atoms with Crippen molar-refractivity contribution in [2.45, 2.75) is 19.9 Å². The first-order valence-corrected chi connectivity index (χ1v) is 9.28. The average Bonchev–Trinajstić information content (AvgIpc) is 2.61. The van der Waals surface area contributed by atoms with E-state index in [9.17, 15) is 9.18 Å². The molecule has 0 bridgehead atoms. The van der Waals surface area contributed by atoms with Gasteiger partial charge in [0, 0.05) is 20.8 Å². The molecule has 0 aliphatic rings. The molecular weight excluding hydrogens is 419 g/mol. The lowest BCUT2D eigenvalue weighted by Gasteiger charge is -2.13. The summed E-state index contributed by atoms with van der Waals surface area (Å²) in [6.07, 6.45) is 0.0345. The van der Waals surface area contributed by atoms with Gasteiger partial charge in [0.15, 0.2) is 0 Å². The highest BCUT2D eigenvalue weighted by atomic mass is 79.9. The van der Waals surface area contributed by atoms with E-state index in [1.54, 1.807) is 23.7 Å². The number of esters is 1. The summed E-state index contributed by atoms with van der Waals surface area (Å²) < 4.78 is 22.0. The van der Waals surface area contributed by atoms with Gasteiger partial charge < -0.3 is 4.74 Å². The number of nitrogens with zero attached hydrogens (tertiary/aromatic N) is 2. The molecule has 1 aromatic heterocycles. The lowest BCUT2D eigenvalue weighted by molar-refractivity contribution is -0.142. The molecule has 0 aliphatic carbocycles. The van der Waals surface area contributed by atoms with Crippen LogP contribution in [-0.2, 0) is 22.5 Å². The summed E-state index contributed by atoms with van der Waals surface area (Å²) in [5, 5.41) is 6.12. The van der Waals surface area contributed by atoms with Gasteiger partial charge in [0.25, 0.3) is 0 Å². The second kappa shape index (κ2) is 8.05. The quantitative estimate of drug-likeness (QED) is 0.426. The summed E-state index contributed by atoms with van der Waals surface area (Å²) in [4.78, 5) is 11.9. The van der Waals surface area contributed by atoms with Crippen LogP contribution >= 0.6 is 28.1 Å². The van der Waals surface area contributed by atoms with Gasteiger partial charge in [-0.3, -0.25) is 4.79 Å². The first-order valence-electron chi connectivity index (χ1n) is 8.08. The van der Waals surface area contributed by atoms with Gasteiger partial charge in [-0.15, -0.1) is 0 Å². The third-order valence-corrected chi connectivity index (χ3v) is 4.82. The van der Waals surface area contributed by atoms with Crippen LogP contribution in [0.3, 0.4) is 0 Å². The molecule has 2 aromatic carbocycles. The fraction of sp³-hybridized carbons (Fsp3) is 0.211. The lowest BCUT2D eigenvalue weighted by Crippen LogP contribution is -2.15. The van der Waals surface area contributed by atoms with Crippen molar-refractivity contribution < 1.29 is 13.9 Å². The molecule has 0 aliphatic heterocycles. The predicted octanol–water partition coefficient (Wildman–Crippen LogP) is 4.82. The number of benzene rings is 2. The minimum Gasteiger partial charge on any atom is -0.466 e. The molecule has 26 heavy (non-hydrogen) atoms. The van der Waals surface area contributed by atoms with E-state index in [0.717, 1.165) is 10.8 Å². The van der Waals surface area contributed by atoms with Crippen LogP contribution in [0, 0.1) is 10.5 Å². The van der Waals surface area contributed by atoms with E-state index < -0.39 is 0 Å². The highest BCUT2D eigenvalue weighted by Crippen LogP contribution is 2.21. The Morgan fingerprint density at radius 3 is 2.69 bits per heavy atom. The van der Waals surface area contributed by atoms with Crippen molar-refractivity contribution in [2.75, 3.05) is 6.61 Å². The van der Waals surface area contributed by atoms with E-state index in [1.165, 1.54) is 6.07 Å². The normalized spacial score (nSPS) is 10.9. The summed E-state index contributed by atoms with van der Waals surface area (Å²) >= 11 is 8.79. The largest absolute Gasteiger partial charge is 0.466 e. The third-order valence-electron chi connectivity index (χ3n) is 3.90. The predicted molar refractivity (Wildman–Crippen MR) is 104 cm³/mol. The average molecular weight is 435 g/mol. The number of carbonyl (C=O) groups excluding carboxylic acids is 1. The summed E-state index contributed by atoms with van der Waals surface area (Å²) in [5.74, 6) is -0.702. The van der Waals surface area contributed by atoms with Crippen LogP contribution in [0.5, 0.6) is 0 Å². The van der Waals surface area contributed by atoms with Gasteiger partial charge in [-0.05, 0) is 19.1 Å². The molecule has 0 N–H and O–H groups in total. The Morgan fingerprint density at radius 2 is 2.00 bits per heavy atom. The van der Waals surface area contributed by atoms with E-state index in [1.807, 2.05) is 24.3 Å². The van der Waals surface area contributed by atoms with Gasteiger partial charge >= 0.3 is 5.97 Å². The number of rotatable bonds is 5. The zero-order chi connectivity index (χ0) is 18.7. The number of carbonyl (C=O) groups is 1. The topological polar surface area (TPSA) is 44.1 Å². The van der Waals surface area contributed by atoms with Crippen molar-refractivity contribution in [2.24, 2.45) is 0 Å². The molecule has 3 rings (SSSR count). The zero-order valence-corrected chi connectivity index (χ0v) is 16.4. The first-order chi connectivity index (χ1) is 12.5. The molecule has 0 amide bonds. The molecular formula is C19H16BrFN2O2S. The molecule has 0 saturated heterocycles. The van der Waals surface area contributed by atoms with Crippen LogP contribution in [0.1, 0.15) is 18.2 Å². The highest BCUT2D eigenvalue weighted by molar-refractivity contribution is 9.10. The number of aromatic nitrogens is 2. The van der Waals surface area contributed by atoms with E-state index in [2.05, 4.69) is 21.0 Å². The Morgan fingerprint density at radius 1 is 1.27 bits per heavy atom. The second-order valence-electron chi connectivity index (χ2n) is 5.67. The zero-order valence-electron chi connectivity index (χ0n) is 14.0. The minimum absolute atomic E-state index is 0.0345. The van der Waals surface area contributed by atoms with Crippen molar-refractivity contribution >= 4 is 44.9 Å². The Labute approximate surface area is 163 Å². The Hall–Kier alpha value is -2.12. The minimum atomic E-state index is -0.358. The fourth-order valence-electron chi connectivity index (χ4n) is 2.70. The van der Waals surface area contributed by atoms with Crippen molar-refractivity contribution in [3.8, 4) is 0 Å². The first kappa shape index (κ1) is 18.7. The molecule has 0 radical (unpaired) electrons. The number of hydrogen-bond donors (Lipinski definition) is 0. The molecule has 0 fully saturated rings. The molecule has 3 aromatic rings. The number of halogens is 2. The highest BCUT2D eigenvalue weighted by Gasteiger charge is 2.14. The van der Waals surface area contributed by atoms with Crippen LogP contribution in [0.25, 0.3) is 10.8 Å². The smallest absolute Gasteiger partial charge is 0.311 e. The van der Waals surface area contributed by atoms with Gasteiger partial charge in [0.1, 0.15) is 10.5 Å². The molecule has 0 atom stereocenters. The van der Waals surface area contributed by atoms with E-state index in [0.29, 0.717) is 27.0 Å². The summed E-state index contributed by atoms with van der Waals surface area (Å²) in [5.41, 5.74) is 1.03. The summed E-state index contributed by atoms with van der Waals surface area (Å²) in [7, 11) is 0. The molecule has 0 saturated carbocycles. The maximum absolute atomic E-state index is 14.2. The maximum atomic E-state index is 14.2. The number of fused-ring (bicyclic) bond motifs is 1. The molecule has 134 valence electrons. The van der Waals surface area contributed by atoms with Crippen molar-refractivity contribution in [1.29, 1.82) is 0 Å². The molecule has 0 unspecified atom stereocenters. The van der Waals surface area contributed by atoms with Crippen molar-refractivity contribution in [3.63, 3.8) is 0 Å². The summed E-state index contributed by atoms with van der Waals surface area (Å²) in [6.45, 7) is 2.24. The van der Waals surface area contributed by atoms with Gasteiger partial charge in [0.05, 0.1) is 25.3 Å². The van der Waals surface area contributed by atoms with E-state index in [4.69, 9.17) is 17.0 Å². The van der Waals surface area contributed by atoms with Gasteiger partial charge in [0.2, 0.25) is 0 Å². The third kappa shape index (κ3) is 3.99. The second-order valence-corrected chi connectivity index (χ2v) is 6.97. The van der Waals surface area contributed by atoms with Crippen molar-refractivity contribution in [3.05, 3.63) is 68.7 Å². The van der Waals surface area contributed by atoms with Crippen LogP contribution in [0.4, 0.5) is 4.39 Å². The number of hydrogen-bond acceptors (Lipinski definition) is 4. The van der Waals surface area contributed by atoms with Gasteiger partial charge in [-0.25, -0.2) is 9.07 Å². The van der Waals surface area contributed by atoms with Crippen molar-refractivity contribution in [1.82, 2.24) is 9.78 Å². The standard InChI is InChI=1S/C19H16BrFN2O2S/c1-2-25-18(24)10-17-14-5-3-4-6-15(14)19(26)23(22-17)11-12-7-8-13(20)9-16(12)21/h3-9H,2,10-11H2,1H3. The van der Waals surface area contributed by atoms with Crippen LogP contribution in [0.2, 0.25) is 0 Å². The van der Waals surface area contributed by atoms with E-state index in [-0.39, 0.29) is 24.8 Å². The van der Waals surface area contributed by atoms with Crippen LogP contribution in [-0.4, -0.2) is 22.4 Å². The Bertz CT molecular complexity index is 1040. The maximum Gasteiger partial charge on any atom is 0.311 e. The SMILES string of the molecule is CCOC(=O)Cc1nn(Cc2ccc(Br)cc2F)c(=S)c2ccccc12. The van der Waals surface area contributed by atoms with Crippen LogP contribution in [0.15, 0.2) is 46.9 Å². The Balaban J connectivity index is 2.09. The van der Waals surface area contributed by atoms with Gasteiger partial charge in [-0.2, -0.15) is 5.10 Å². The van der Waals surface area contributed by atoms with Gasteiger partial charge in [-0.1, -0.05) is 58.5 Å². The molecule has 4 nitrogen and oxygen atoms in total. The lowest BCUT2D eigenvalue weighted by atomic mass is 10.1. The van der Waals surface area contributed by atoms with E-state index >= 15 is 0 Å². The molecule has 0 spiro atoms. The molecule has 1 heterocycles. The number of ether oxygens (including phenoxy) is 1. The molecule has 7 heteroatoms. The fourth-order valence-corrected chi connectivity index (χ4v) is 3.32. The summed E-state index contributed by atoms with van der Waals surface area (Å²) in [6, 6.07) is 12.3. The van der Waals surface area contributed by atoms with Crippen LogP contribution < -0.4 is 0 Å². The monoisotopic (exact) mass is 434 g/mol.